The Bertz CT molecular complexity index is 1180. The van der Waals surface area contributed by atoms with E-state index in [1.165, 1.54) is 6.07 Å². The van der Waals surface area contributed by atoms with Gasteiger partial charge in [0.15, 0.2) is 0 Å². The van der Waals surface area contributed by atoms with Crippen LogP contribution in [-0.2, 0) is 24.3 Å². The molecule has 2 atom stereocenters. The number of hydrogen-bond acceptors (Lipinski definition) is 6. The van der Waals surface area contributed by atoms with Crippen molar-refractivity contribution in [2.45, 2.75) is 56.9 Å². The molecule has 2 aliphatic rings. The fourth-order valence-electron chi connectivity index (χ4n) is 4.74. The first-order chi connectivity index (χ1) is 17.3. The van der Waals surface area contributed by atoms with Gasteiger partial charge in [0.1, 0.15) is 4.90 Å². The molecule has 1 heterocycles. The zero-order chi connectivity index (χ0) is 25.7. The molecule has 36 heavy (non-hydrogen) atoms. The van der Waals surface area contributed by atoms with Gasteiger partial charge in [-0.25, -0.2) is 13.1 Å². The van der Waals surface area contributed by atoms with Crippen LogP contribution in [0.25, 0.3) is 0 Å². The molecule has 2 N–H and O–H groups in total. The number of nitrogens with zero attached hydrogens (tertiary/aromatic N) is 1. The van der Waals surface area contributed by atoms with Crippen LogP contribution in [0.2, 0.25) is 0 Å². The molecule has 2 unspecified atom stereocenters. The number of ether oxygens (including phenoxy) is 1. The largest absolute Gasteiger partial charge is 0.466 e. The highest BCUT2D eigenvalue weighted by atomic mass is 32.2. The smallest absolute Gasteiger partial charge is 0.310 e. The van der Waals surface area contributed by atoms with Crippen molar-refractivity contribution in [1.82, 2.24) is 4.72 Å². The van der Waals surface area contributed by atoms with Gasteiger partial charge in [0.2, 0.25) is 15.9 Å². The Morgan fingerprint density at radius 1 is 1.06 bits per heavy atom. The van der Waals surface area contributed by atoms with E-state index in [1.54, 1.807) is 26.0 Å². The summed E-state index contributed by atoms with van der Waals surface area (Å²) in [5.41, 5.74) is 1.80. The maximum Gasteiger partial charge on any atom is 0.310 e. The van der Waals surface area contributed by atoms with Crippen LogP contribution >= 0.6 is 0 Å². The number of nitrogens with one attached hydrogen (secondary N) is 2. The Kier molecular flexibility index (Phi) is 8.31. The van der Waals surface area contributed by atoms with Gasteiger partial charge in [-0.3, -0.25) is 9.59 Å². The van der Waals surface area contributed by atoms with Crippen molar-refractivity contribution in [2.75, 3.05) is 29.9 Å². The molecule has 9 heteroatoms. The summed E-state index contributed by atoms with van der Waals surface area (Å²) in [7, 11) is -3.96. The summed E-state index contributed by atoms with van der Waals surface area (Å²) in [6.45, 7) is 4.89. The van der Waals surface area contributed by atoms with Gasteiger partial charge < -0.3 is 15.0 Å². The van der Waals surface area contributed by atoms with E-state index in [-0.39, 0.29) is 28.6 Å². The predicted molar refractivity (Wildman–Crippen MR) is 139 cm³/mol. The average molecular weight is 514 g/mol. The van der Waals surface area contributed by atoms with Gasteiger partial charge in [-0.2, -0.15) is 0 Å². The Hall–Kier alpha value is -2.91. The lowest BCUT2D eigenvalue weighted by atomic mass is 9.85. The molecule has 0 aromatic heterocycles. The normalized spacial score (nSPS) is 19.3. The third-order valence-corrected chi connectivity index (χ3v) is 8.58. The molecular formula is C27H35N3O5S. The minimum atomic E-state index is -3.96. The van der Waals surface area contributed by atoms with Gasteiger partial charge in [-0.15, -0.1) is 0 Å². The van der Waals surface area contributed by atoms with E-state index < -0.39 is 16.1 Å². The van der Waals surface area contributed by atoms with E-state index in [9.17, 15) is 18.0 Å². The number of sulfonamides is 1. The summed E-state index contributed by atoms with van der Waals surface area (Å²) >= 11 is 0. The van der Waals surface area contributed by atoms with E-state index in [2.05, 4.69) is 10.0 Å². The van der Waals surface area contributed by atoms with Gasteiger partial charge >= 0.3 is 5.97 Å². The van der Waals surface area contributed by atoms with Crippen molar-refractivity contribution in [2.24, 2.45) is 11.8 Å². The Balaban J connectivity index is 1.64. The van der Waals surface area contributed by atoms with Gasteiger partial charge in [0, 0.05) is 30.7 Å². The van der Waals surface area contributed by atoms with Crippen LogP contribution < -0.4 is 14.9 Å². The molecule has 2 fully saturated rings. The third-order valence-electron chi connectivity index (χ3n) is 7.01. The number of rotatable bonds is 9. The maximum atomic E-state index is 13.7. The molecule has 0 spiro atoms. The third kappa shape index (κ3) is 6.07. The van der Waals surface area contributed by atoms with Gasteiger partial charge in [0.25, 0.3) is 0 Å². The molecule has 1 aliphatic carbocycles. The van der Waals surface area contributed by atoms with Crippen LogP contribution in [-0.4, -0.2) is 40.0 Å². The van der Waals surface area contributed by atoms with Crippen molar-refractivity contribution in [3.63, 3.8) is 0 Å². The summed E-state index contributed by atoms with van der Waals surface area (Å²) in [5, 5.41) is 2.89. The number of carbonyl (C=O) groups excluding carboxylic acids is 2. The minimum Gasteiger partial charge on any atom is -0.466 e. The van der Waals surface area contributed by atoms with Gasteiger partial charge in [-0.1, -0.05) is 36.8 Å². The average Bonchev–Trinajstić information content (AvgIpc) is 2.83. The summed E-state index contributed by atoms with van der Waals surface area (Å²) in [5.74, 6) is -0.674. The van der Waals surface area contributed by atoms with Crippen LogP contribution in [0.4, 0.5) is 11.4 Å². The Labute approximate surface area is 213 Å². The highest BCUT2D eigenvalue weighted by Gasteiger charge is 2.32. The van der Waals surface area contributed by atoms with Crippen molar-refractivity contribution < 1.29 is 22.7 Å². The number of benzene rings is 2. The molecule has 1 aliphatic heterocycles. The molecule has 2 aromatic carbocycles. The lowest BCUT2D eigenvalue weighted by Gasteiger charge is -2.34. The summed E-state index contributed by atoms with van der Waals surface area (Å²) in [4.78, 5) is 27.0. The second kappa shape index (κ2) is 11.4. The van der Waals surface area contributed by atoms with E-state index in [1.807, 2.05) is 35.2 Å². The summed E-state index contributed by atoms with van der Waals surface area (Å²) in [6.07, 6.45) is 4.20. The fraction of sp³-hybridized carbons (Fsp3) is 0.481. The van der Waals surface area contributed by atoms with Crippen molar-refractivity contribution in [3.05, 3.63) is 54.1 Å². The van der Waals surface area contributed by atoms with E-state index >= 15 is 0 Å². The van der Waals surface area contributed by atoms with Crippen LogP contribution in [0, 0.1) is 11.8 Å². The molecule has 0 bridgehead atoms. The first-order valence-corrected chi connectivity index (χ1v) is 14.2. The quantitative estimate of drug-likeness (QED) is 0.486. The Morgan fingerprint density at radius 3 is 2.44 bits per heavy atom. The predicted octanol–water partition coefficient (Wildman–Crippen LogP) is 4.24. The van der Waals surface area contributed by atoms with Gasteiger partial charge in [-0.05, 0) is 63.3 Å². The van der Waals surface area contributed by atoms with E-state index in [4.69, 9.17) is 4.74 Å². The molecule has 1 saturated carbocycles. The zero-order valence-electron chi connectivity index (χ0n) is 20.9. The zero-order valence-corrected chi connectivity index (χ0v) is 21.7. The number of esters is 1. The highest BCUT2D eigenvalue weighted by Crippen LogP contribution is 2.34. The van der Waals surface area contributed by atoms with E-state index in [0.29, 0.717) is 37.5 Å². The fourth-order valence-corrected chi connectivity index (χ4v) is 6.22. The monoisotopic (exact) mass is 513 g/mol. The molecule has 1 amide bonds. The summed E-state index contributed by atoms with van der Waals surface area (Å²) < 4.78 is 35.4. The number of amides is 1. The maximum absolute atomic E-state index is 13.7. The standard InChI is InChI=1S/C27H35N3O5S/c1-3-35-27(32)22-13-8-16-30(18-22)24-15-14-23(28-26(31)21-11-7-12-21)17-25(24)36(33,34)29-19(2)20-9-5-4-6-10-20/h4-6,9-10,14-15,17,19,21-22,29H,3,7-8,11-13,16,18H2,1-2H3,(H,28,31). The molecule has 8 nitrogen and oxygen atoms in total. The lowest BCUT2D eigenvalue weighted by Crippen LogP contribution is -2.40. The van der Waals surface area contributed by atoms with E-state index in [0.717, 1.165) is 31.2 Å². The van der Waals surface area contributed by atoms with Gasteiger partial charge in [0.05, 0.1) is 18.2 Å². The molecule has 4 rings (SSSR count). The Morgan fingerprint density at radius 2 is 1.78 bits per heavy atom. The molecular weight excluding hydrogens is 478 g/mol. The first kappa shape index (κ1) is 26.2. The van der Waals surface area contributed by atoms with Crippen LogP contribution in [0.5, 0.6) is 0 Å². The number of piperidine rings is 1. The van der Waals surface area contributed by atoms with Crippen molar-refractivity contribution in [1.29, 1.82) is 0 Å². The second-order valence-corrected chi connectivity index (χ2v) is 11.3. The second-order valence-electron chi connectivity index (χ2n) is 9.59. The molecule has 0 radical (unpaired) electrons. The summed E-state index contributed by atoms with van der Waals surface area (Å²) in [6, 6.07) is 13.9. The SMILES string of the molecule is CCOC(=O)C1CCCN(c2ccc(NC(=O)C3CCC3)cc2S(=O)(=O)NC(C)c2ccccc2)C1. The molecule has 194 valence electrons. The van der Waals surface area contributed by atoms with Crippen LogP contribution in [0.1, 0.15) is 57.6 Å². The van der Waals surface area contributed by atoms with Crippen molar-refractivity contribution in [3.8, 4) is 0 Å². The van der Waals surface area contributed by atoms with Crippen molar-refractivity contribution >= 4 is 33.3 Å². The minimum absolute atomic E-state index is 0.0200. The molecule has 1 saturated heterocycles. The molecule has 2 aromatic rings. The number of hydrogen-bond donors (Lipinski definition) is 2. The highest BCUT2D eigenvalue weighted by molar-refractivity contribution is 7.89. The first-order valence-electron chi connectivity index (χ1n) is 12.7. The van der Waals surface area contributed by atoms with Crippen LogP contribution in [0.15, 0.2) is 53.4 Å². The number of anilines is 2. The van der Waals surface area contributed by atoms with Crippen LogP contribution in [0.3, 0.4) is 0 Å². The topological polar surface area (TPSA) is 105 Å². The lowest BCUT2D eigenvalue weighted by molar-refractivity contribution is -0.148. The number of carbonyl (C=O) groups is 2.